The highest BCUT2D eigenvalue weighted by atomic mass is 35.5. The molecule has 116 valence electrons. The first-order valence-electron chi connectivity index (χ1n) is 7.25. The van der Waals surface area contributed by atoms with Gasteiger partial charge in [-0.05, 0) is 44.3 Å². The fourth-order valence-electron chi connectivity index (χ4n) is 2.20. The number of halogens is 1. The average Bonchev–Trinajstić information content (AvgIpc) is 2.50. The number of likely N-dealkylation sites (N-methyl/N-ethyl adjacent to an activating group) is 1. The van der Waals surface area contributed by atoms with Gasteiger partial charge in [-0.3, -0.25) is 4.99 Å². The quantitative estimate of drug-likeness (QED) is 0.826. The highest BCUT2D eigenvalue weighted by molar-refractivity contribution is 6.30. The maximum Gasteiger partial charge on any atom is 0.124 e. The van der Waals surface area contributed by atoms with Gasteiger partial charge in [-0.15, -0.1) is 0 Å². The van der Waals surface area contributed by atoms with Crippen molar-refractivity contribution in [3.05, 3.63) is 64.7 Å². The van der Waals surface area contributed by atoms with Crippen LogP contribution in [0.15, 0.2) is 53.5 Å². The van der Waals surface area contributed by atoms with E-state index in [9.17, 15) is 5.11 Å². The summed E-state index contributed by atoms with van der Waals surface area (Å²) in [6, 6.07) is 15.6. The third-order valence-corrected chi connectivity index (χ3v) is 3.82. The predicted octanol–water partition coefficient (Wildman–Crippen LogP) is 3.64. The molecule has 2 aromatic rings. The lowest BCUT2D eigenvalue weighted by molar-refractivity contribution is 0.298. The van der Waals surface area contributed by atoms with Crippen molar-refractivity contribution in [2.45, 2.75) is 12.5 Å². The van der Waals surface area contributed by atoms with Crippen molar-refractivity contribution in [2.75, 3.05) is 20.6 Å². The summed E-state index contributed by atoms with van der Waals surface area (Å²) in [5, 5.41) is 10.4. The average molecular weight is 317 g/mol. The Balaban J connectivity index is 2.02. The number of benzene rings is 2. The Bertz CT molecular complexity index is 626. The van der Waals surface area contributed by atoms with Crippen molar-refractivity contribution < 1.29 is 5.11 Å². The molecule has 3 nitrogen and oxygen atoms in total. The number of nitrogens with zero attached hydrogens (tertiary/aromatic N) is 2. The molecular weight excluding hydrogens is 296 g/mol. The van der Waals surface area contributed by atoms with Gasteiger partial charge in [0.1, 0.15) is 5.75 Å². The van der Waals surface area contributed by atoms with Gasteiger partial charge in [0.2, 0.25) is 0 Å². The zero-order chi connectivity index (χ0) is 15.9. The van der Waals surface area contributed by atoms with E-state index >= 15 is 0 Å². The molecule has 0 bridgehead atoms. The van der Waals surface area contributed by atoms with Crippen LogP contribution in [0, 0.1) is 0 Å². The van der Waals surface area contributed by atoms with E-state index in [0.717, 1.165) is 6.42 Å². The maximum atomic E-state index is 9.78. The van der Waals surface area contributed by atoms with Crippen LogP contribution in [0.5, 0.6) is 5.75 Å². The molecule has 0 aromatic heterocycles. The van der Waals surface area contributed by atoms with Gasteiger partial charge in [-0.25, -0.2) is 0 Å². The number of phenols is 1. The van der Waals surface area contributed by atoms with Crippen LogP contribution in [0.2, 0.25) is 5.02 Å². The van der Waals surface area contributed by atoms with Crippen LogP contribution in [0.3, 0.4) is 0 Å². The summed E-state index contributed by atoms with van der Waals surface area (Å²) in [5.74, 6) is 0.192. The SMILES string of the molecule is CN(C)[C@H](CN=Cc1cc(Cl)ccc1O)Cc1ccccc1. The van der Waals surface area contributed by atoms with Crippen molar-refractivity contribution >= 4 is 17.8 Å². The molecule has 0 saturated carbocycles. The topological polar surface area (TPSA) is 35.8 Å². The molecule has 2 rings (SSSR count). The molecule has 0 aliphatic carbocycles. The zero-order valence-electron chi connectivity index (χ0n) is 12.9. The Morgan fingerprint density at radius 1 is 1.18 bits per heavy atom. The third kappa shape index (κ3) is 4.86. The van der Waals surface area contributed by atoms with Crippen molar-refractivity contribution in [1.82, 2.24) is 4.90 Å². The Morgan fingerprint density at radius 2 is 1.91 bits per heavy atom. The van der Waals surface area contributed by atoms with Gasteiger partial charge in [-0.2, -0.15) is 0 Å². The fraction of sp³-hybridized carbons (Fsp3) is 0.278. The minimum atomic E-state index is 0.192. The van der Waals surface area contributed by atoms with E-state index in [1.54, 1.807) is 24.4 Å². The van der Waals surface area contributed by atoms with Gasteiger partial charge < -0.3 is 10.0 Å². The highest BCUT2D eigenvalue weighted by Gasteiger charge is 2.11. The Morgan fingerprint density at radius 3 is 2.59 bits per heavy atom. The van der Waals surface area contributed by atoms with Gasteiger partial charge in [0, 0.05) is 22.8 Å². The molecule has 4 heteroatoms. The molecule has 0 aliphatic rings. The highest BCUT2D eigenvalue weighted by Crippen LogP contribution is 2.19. The van der Waals surface area contributed by atoms with Gasteiger partial charge in [-0.1, -0.05) is 41.9 Å². The summed E-state index contributed by atoms with van der Waals surface area (Å²) in [4.78, 5) is 6.64. The summed E-state index contributed by atoms with van der Waals surface area (Å²) in [7, 11) is 4.11. The molecule has 0 fully saturated rings. The van der Waals surface area contributed by atoms with Crippen LogP contribution in [0.4, 0.5) is 0 Å². The first kappa shape index (κ1) is 16.5. The molecule has 0 spiro atoms. The Labute approximate surface area is 136 Å². The van der Waals surface area contributed by atoms with Gasteiger partial charge >= 0.3 is 0 Å². The summed E-state index contributed by atoms with van der Waals surface area (Å²) >= 11 is 5.94. The fourth-order valence-corrected chi connectivity index (χ4v) is 2.38. The normalized spacial score (nSPS) is 12.9. The van der Waals surface area contributed by atoms with Crippen molar-refractivity contribution in [2.24, 2.45) is 4.99 Å². The van der Waals surface area contributed by atoms with E-state index in [1.807, 2.05) is 6.07 Å². The van der Waals surface area contributed by atoms with Crippen LogP contribution in [0.25, 0.3) is 0 Å². The first-order chi connectivity index (χ1) is 10.6. The Hall–Kier alpha value is -1.84. The second kappa shape index (κ2) is 7.97. The van der Waals surface area contributed by atoms with E-state index in [2.05, 4.69) is 48.3 Å². The number of rotatable bonds is 6. The molecule has 1 atom stereocenters. The summed E-state index contributed by atoms with van der Waals surface area (Å²) in [5.41, 5.74) is 1.94. The molecule has 0 saturated heterocycles. The van der Waals surface area contributed by atoms with E-state index in [-0.39, 0.29) is 5.75 Å². The van der Waals surface area contributed by atoms with Crippen molar-refractivity contribution in [3.63, 3.8) is 0 Å². The van der Waals surface area contributed by atoms with E-state index in [0.29, 0.717) is 23.2 Å². The lowest BCUT2D eigenvalue weighted by Gasteiger charge is -2.22. The van der Waals surface area contributed by atoms with Gasteiger partial charge in [0.05, 0.1) is 6.54 Å². The lowest BCUT2D eigenvalue weighted by Crippen LogP contribution is -2.32. The number of hydrogen-bond donors (Lipinski definition) is 1. The molecule has 0 heterocycles. The van der Waals surface area contributed by atoms with Crippen LogP contribution in [0.1, 0.15) is 11.1 Å². The first-order valence-corrected chi connectivity index (χ1v) is 7.63. The summed E-state index contributed by atoms with van der Waals surface area (Å²) in [6.07, 6.45) is 2.62. The van der Waals surface area contributed by atoms with Crippen LogP contribution < -0.4 is 0 Å². The minimum absolute atomic E-state index is 0.192. The van der Waals surface area contributed by atoms with Crippen molar-refractivity contribution in [1.29, 1.82) is 0 Å². The van der Waals surface area contributed by atoms with Crippen molar-refractivity contribution in [3.8, 4) is 5.75 Å². The van der Waals surface area contributed by atoms with E-state index in [1.165, 1.54) is 5.56 Å². The molecule has 0 aliphatic heterocycles. The van der Waals surface area contributed by atoms with Gasteiger partial charge in [0.25, 0.3) is 0 Å². The summed E-state index contributed by atoms with van der Waals surface area (Å²) in [6.45, 7) is 0.661. The van der Waals surface area contributed by atoms with Crippen LogP contribution >= 0.6 is 11.6 Å². The molecule has 0 amide bonds. The number of phenolic OH excluding ortho intramolecular Hbond substituents is 1. The second-order valence-corrected chi connectivity index (χ2v) is 5.94. The van der Waals surface area contributed by atoms with Gasteiger partial charge in [0.15, 0.2) is 0 Å². The van der Waals surface area contributed by atoms with E-state index < -0.39 is 0 Å². The third-order valence-electron chi connectivity index (χ3n) is 3.58. The number of aliphatic imine (C=N–C) groups is 1. The zero-order valence-corrected chi connectivity index (χ0v) is 13.7. The second-order valence-electron chi connectivity index (χ2n) is 5.50. The molecular formula is C18H21ClN2O. The molecule has 22 heavy (non-hydrogen) atoms. The molecule has 2 aromatic carbocycles. The van der Waals surface area contributed by atoms with E-state index in [4.69, 9.17) is 11.6 Å². The minimum Gasteiger partial charge on any atom is -0.507 e. The van der Waals surface area contributed by atoms with Crippen LogP contribution in [-0.4, -0.2) is 42.9 Å². The molecule has 0 radical (unpaired) electrons. The Kier molecular flexibility index (Phi) is 5.99. The molecule has 0 unspecified atom stereocenters. The largest absolute Gasteiger partial charge is 0.507 e. The summed E-state index contributed by atoms with van der Waals surface area (Å²) < 4.78 is 0. The molecule has 1 N–H and O–H groups in total. The number of hydrogen-bond acceptors (Lipinski definition) is 3. The maximum absolute atomic E-state index is 9.78. The van der Waals surface area contributed by atoms with Crippen LogP contribution in [-0.2, 0) is 6.42 Å². The smallest absolute Gasteiger partial charge is 0.124 e. The monoisotopic (exact) mass is 316 g/mol. The predicted molar refractivity (Wildman–Crippen MR) is 93.2 cm³/mol. The number of aromatic hydroxyl groups is 1. The lowest BCUT2D eigenvalue weighted by atomic mass is 10.1. The standard InChI is InChI=1S/C18H21ClN2O/c1-21(2)17(10-14-6-4-3-5-7-14)13-20-12-15-11-16(19)8-9-18(15)22/h3-9,11-12,17,22H,10,13H2,1-2H3/t17-/m0/s1.